The zero-order chi connectivity index (χ0) is 25.9. The zero-order valence-electron chi connectivity index (χ0n) is 18.8. The summed E-state index contributed by atoms with van der Waals surface area (Å²) in [5.74, 6) is -0.764. The van der Waals surface area contributed by atoms with E-state index in [0.717, 1.165) is 0 Å². The van der Waals surface area contributed by atoms with Crippen molar-refractivity contribution in [2.45, 2.75) is 18.7 Å². The van der Waals surface area contributed by atoms with E-state index in [1.165, 1.54) is 22.7 Å². The molecule has 2 aromatic carbocycles. The molecule has 6 N–H and O–H groups in total. The lowest BCUT2D eigenvalue weighted by Crippen LogP contribution is -2.28. The van der Waals surface area contributed by atoms with Crippen LogP contribution in [0.1, 0.15) is 23.2 Å². The summed E-state index contributed by atoms with van der Waals surface area (Å²) in [6.07, 6.45) is 0.837. The molecule has 4 rings (SSSR count). The topological polar surface area (TPSA) is 146 Å². The molecular formula is C23H22BClFN5O4. The number of nitrogens with two attached hydrogens (primary N) is 1. The lowest BCUT2D eigenvalue weighted by Gasteiger charge is -2.16. The van der Waals surface area contributed by atoms with Crippen LogP contribution in [-0.4, -0.2) is 50.9 Å². The maximum absolute atomic E-state index is 14.5. The first-order chi connectivity index (χ1) is 16.5. The Labute approximate surface area is 206 Å². The van der Waals surface area contributed by atoms with Crippen molar-refractivity contribution in [3.8, 4) is 11.3 Å². The number of aliphatic hydroxyl groups excluding tert-OH is 1. The minimum absolute atomic E-state index is 0.0655. The molecule has 0 aliphatic carbocycles. The molecule has 0 aliphatic rings. The number of hydrogen-bond acceptors (Lipinski definition) is 8. The number of anilines is 2. The number of fused-ring (bicyclic) bond motifs is 1. The van der Waals surface area contributed by atoms with Crippen molar-refractivity contribution in [2.24, 2.45) is 0 Å². The molecule has 0 spiro atoms. The third kappa shape index (κ3) is 5.60. The SMILES string of the molecule is O=CC(O)c1cccc(Cl)c1.[B]C(O)(O)c1nc(-c2ccc(NC)cc2F)c2c(N)ncc(C)n12. The molecule has 9 nitrogen and oxygen atoms in total. The van der Waals surface area contributed by atoms with Gasteiger partial charge in [-0.15, -0.1) is 0 Å². The Morgan fingerprint density at radius 2 is 2.00 bits per heavy atom. The van der Waals surface area contributed by atoms with Crippen LogP contribution in [0.15, 0.2) is 48.7 Å². The summed E-state index contributed by atoms with van der Waals surface area (Å²) in [5.41, 5.74) is 5.32. The van der Waals surface area contributed by atoms with Crippen LogP contribution in [0.4, 0.5) is 15.9 Å². The van der Waals surface area contributed by atoms with Gasteiger partial charge in [-0.2, -0.15) is 0 Å². The molecule has 0 aliphatic heterocycles. The quantitative estimate of drug-likeness (QED) is 0.160. The molecular weight excluding hydrogens is 476 g/mol. The molecule has 0 saturated heterocycles. The van der Waals surface area contributed by atoms with Crippen LogP contribution in [0, 0.1) is 12.7 Å². The summed E-state index contributed by atoms with van der Waals surface area (Å²) < 4.78 is 15.8. The average Bonchev–Trinajstić information content (AvgIpc) is 3.23. The minimum Gasteiger partial charge on any atom is -0.388 e. The smallest absolute Gasteiger partial charge is 0.171 e. The highest BCUT2D eigenvalue weighted by Gasteiger charge is 2.29. The van der Waals surface area contributed by atoms with Crippen molar-refractivity contribution in [2.75, 3.05) is 18.1 Å². The van der Waals surface area contributed by atoms with Crippen LogP contribution in [-0.2, 0) is 10.5 Å². The summed E-state index contributed by atoms with van der Waals surface area (Å²) in [6.45, 7) is 1.67. The molecule has 0 fully saturated rings. The number of aryl methyl sites for hydroxylation is 1. The molecule has 1 unspecified atom stereocenters. The lowest BCUT2D eigenvalue weighted by atomic mass is 9.94. The van der Waals surface area contributed by atoms with E-state index in [4.69, 9.17) is 30.3 Å². The molecule has 1 atom stereocenters. The summed E-state index contributed by atoms with van der Waals surface area (Å²) in [4.78, 5) is 18.3. The van der Waals surface area contributed by atoms with Gasteiger partial charge in [0.05, 0.1) is 0 Å². The molecule has 2 heterocycles. The van der Waals surface area contributed by atoms with E-state index in [-0.39, 0.29) is 28.4 Å². The van der Waals surface area contributed by atoms with E-state index < -0.39 is 17.6 Å². The fourth-order valence-corrected chi connectivity index (χ4v) is 3.55. The van der Waals surface area contributed by atoms with E-state index in [2.05, 4.69) is 15.3 Å². The van der Waals surface area contributed by atoms with Crippen LogP contribution in [0.25, 0.3) is 16.8 Å². The van der Waals surface area contributed by atoms with Crippen LogP contribution < -0.4 is 11.1 Å². The van der Waals surface area contributed by atoms with Gasteiger partial charge in [-0.05, 0) is 42.8 Å². The number of carbonyl (C=O) groups is 1. The van der Waals surface area contributed by atoms with Gasteiger partial charge in [-0.1, -0.05) is 23.7 Å². The zero-order valence-corrected chi connectivity index (χ0v) is 19.5. The number of aldehydes is 1. The molecule has 4 aromatic rings. The number of nitrogen functional groups attached to an aromatic ring is 1. The van der Waals surface area contributed by atoms with Gasteiger partial charge in [0.25, 0.3) is 0 Å². The van der Waals surface area contributed by atoms with Gasteiger partial charge in [0.15, 0.2) is 25.6 Å². The first kappa shape index (κ1) is 26.1. The Morgan fingerprint density at radius 3 is 2.57 bits per heavy atom. The standard InChI is InChI=1S/C15H15BFN5O2.C8H7ClO2/c1-7-6-20-13(18)12-11(21-14(22(7)12)15(16,23)24)9-4-3-8(19-2)5-10(9)17;9-7-3-1-2-6(4-7)8(11)5-10/h3-6,19,23-24H,1-2H3,(H2,18,20);1-5,8,11H. The monoisotopic (exact) mass is 497 g/mol. The first-order valence-corrected chi connectivity index (χ1v) is 10.6. The Hall–Kier alpha value is -3.51. The lowest BCUT2D eigenvalue weighted by molar-refractivity contribution is -0.115. The molecule has 12 heteroatoms. The molecule has 0 bridgehead atoms. The highest BCUT2D eigenvalue weighted by atomic mass is 35.5. The third-order valence-electron chi connectivity index (χ3n) is 5.02. The Kier molecular flexibility index (Phi) is 7.76. The predicted octanol–water partition coefficient (Wildman–Crippen LogP) is 2.30. The summed E-state index contributed by atoms with van der Waals surface area (Å²) in [6, 6.07) is 11.0. The number of halogens is 2. The van der Waals surface area contributed by atoms with Crippen LogP contribution >= 0.6 is 11.6 Å². The normalized spacial score (nSPS) is 12.1. The number of imidazole rings is 1. The van der Waals surface area contributed by atoms with Crippen molar-refractivity contribution < 1.29 is 24.5 Å². The van der Waals surface area contributed by atoms with Crippen molar-refractivity contribution in [3.63, 3.8) is 0 Å². The van der Waals surface area contributed by atoms with Crippen molar-refractivity contribution in [1.82, 2.24) is 14.4 Å². The highest BCUT2D eigenvalue weighted by Crippen LogP contribution is 2.33. The second-order valence-corrected chi connectivity index (χ2v) is 8.00. The summed E-state index contributed by atoms with van der Waals surface area (Å²) in [7, 11) is 7.05. The number of benzene rings is 2. The number of nitrogens with zero attached hydrogens (tertiary/aromatic N) is 3. The molecule has 0 saturated carbocycles. The van der Waals surface area contributed by atoms with E-state index in [9.17, 15) is 19.4 Å². The number of rotatable bonds is 5. The van der Waals surface area contributed by atoms with Gasteiger partial charge in [-0.3, -0.25) is 4.40 Å². The van der Waals surface area contributed by atoms with E-state index in [1.807, 2.05) is 0 Å². The van der Waals surface area contributed by atoms with Gasteiger partial charge in [0.2, 0.25) is 0 Å². The van der Waals surface area contributed by atoms with Crippen LogP contribution in [0.3, 0.4) is 0 Å². The largest absolute Gasteiger partial charge is 0.388 e. The second-order valence-electron chi connectivity index (χ2n) is 7.56. The average molecular weight is 498 g/mol. The number of carbonyl (C=O) groups excluding carboxylic acids is 1. The van der Waals surface area contributed by atoms with Crippen molar-refractivity contribution in [3.05, 3.63) is 76.6 Å². The second kappa shape index (κ2) is 10.4. The summed E-state index contributed by atoms with van der Waals surface area (Å²) in [5, 5.41) is 32.0. The number of aliphatic hydroxyl groups is 3. The van der Waals surface area contributed by atoms with Crippen molar-refractivity contribution in [1.29, 1.82) is 0 Å². The third-order valence-corrected chi connectivity index (χ3v) is 5.26. The Bertz CT molecular complexity index is 1380. The van der Waals surface area contributed by atoms with Crippen LogP contribution in [0.5, 0.6) is 0 Å². The fourth-order valence-electron chi connectivity index (χ4n) is 3.35. The Morgan fingerprint density at radius 1 is 1.29 bits per heavy atom. The van der Waals surface area contributed by atoms with Gasteiger partial charge < -0.3 is 31.2 Å². The van der Waals surface area contributed by atoms with Gasteiger partial charge in [0, 0.05) is 35.2 Å². The fraction of sp³-hybridized carbons (Fsp3) is 0.174. The van der Waals surface area contributed by atoms with E-state index in [1.54, 1.807) is 44.3 Å². The number of hydrogen-bond donors (Lipinski definition) is 5. The highest BCUT2D eigenvalue weighted by molar-refractivity contribution is 6.30. The van der Waals surface area contributed by atoms with E-state index in [0.29, 0.717) is 28.3 Å². The molecule has 35 heavy (non-hydrogen) atoms. The van der Waals surface area contributed by atoms with Gasteiger partial charge in [-0.25, -0.2) is 14.4 Å². The first-order valence-electron chi connectivity index (χ1n) is 10.2. The maximum atomic E-state index is 14.5. The molecule has 2 radical (unpaired) electrons. The maximum Gasteiger partial charge on any atom is 0.171 e. The Balaban J connectivity index is 0.000000261. The van der Waals surface area contributed by atoms with Gasteiger partial charge >= 0.3 is 0 Å². The summed E-state index contributed by atoms with van der Waals surface area (Å²) >= 11 is 5.62. The number of nitrogens with one attached hydrogen (secondary N) is 1. The molecule has 0 amide bonds. The minimum atomic E-state index is -2.72. The van der Waals surface area contributed by atoms with Gasteiger partial charge in [0.1, 0.15) is 28.9 Å². The van der Waals surface area contributed by atoms with Crippen molar-refractivity contribution >= 4 is 42.8 Å². The molecule has 2 aromatic heterocycles. The van der Waals surface area contributed by atoms with Crippen LogP contribution in [0.2, 0.25) is 5.02 Å². The molecule has 180 valence electrons. The van der Waals surface area contributed by atoms with E-state index >= 15 is 0 Å². The number of aromatic nitrogens is 3. The predicted molar refractivity (Wildman–Crippen MR) is 131 cm³/mol.